The van der Waals surface area contributed by atoms with E-state index in [1.165, 1.54) is 0 Å². The van der Waals surface area contributed by atoms with E-state index >= 15 is 0 Å². The van der Waals surface area contributed by atoms with Crippen LogP contribution < -0.4 is 5.32 Å². The summed E-state index contributed by atoms with van der Waals surface area (Å²) in [6, 6.07) is -0.615. The first-order valence-corrected chi connectivity index (χ1v) is 4.98. The molecule has 0 atom stereocenters. The Labute approximate surface area is 82.9 Å². The van der Waals surface area contributed by atoms with Crippen molar-refractivity contribution in [3.05, 3.63) is 23.3 Å². The number of carbonyl (C=O) groups excluding carboxylic acids is 2. The van der Waals surface area contributed by atoms with Gasteiger partial charge < -0.3 is 5.32 Å². The number of hydrogen-bond donors (Lipinski definition) is 1. The molecule has 3 nitrogen and oxygen atoms in total. The van der Waals surface area contributed by atoms with E-state index in [1.807, 2.05) is 19.1 Å². The van der Waals surface area contributed by atoms with Crippen molar-refractivity contribution in [3.8, 4) is 0 Å². The van der Waals surface area contributed by atoms with Crippen LogP contribution in [0.4, 0.5) is 0 Å². The van der Waals surface area contributed by atoms with Crippen LogP contribution in [0.5, 0.6) is 0 Å². The van der Waals surface area contributed by atoms with Gasteiger partial charge in [-0.2, -0.15) is 0 Å². The van der Waals surface area contributed by atoms with E-state index in [-0.39, 0.29) is 11.6 Å². The quantitative estimate of drug-likeness (QED) is 0.655. The molecule has 0 amide bonds. The molecule has 1 N–H and O–H groups in total. The van der Waals surface area contributed by atoms with E-state index in [0.29, 0.717) is 17.7 Å². The van der Waals surface area contributed by atoms with Gasteiger partial charge in [0.2, 0.25) is 0 Å². The minimum atomic E-state index is -0.615. The highest BCUT2D eigenvalue weighted by atomic mass is 16.2. The van der Waals surface area contributed by atoms with Crippen molar-refractivity contribution in [1.29, 1.82) is 0 Å². The monoisotopic (exact) mass is 191 g/mol. The fourth-order valence-corrected chi connectivity index (χ4v) is 1.96. The zero-order chi connectivity index (χ0) is 10.1. The van der Waals surface area contributed by atoms with Crippen molar-refractivity contribution in [2.24, 2.45) is 0 Å². The Morgan fingerprint density at radius 1 is 1.21 bits per heavy atom. The van der Waals surface area contributed by atoms with Crippen LogP contribution in [0.25, 0.3) is 0 Å². The fraction of sp³-hybridized carbons (Fsp3) is 0.455. The summed E-state index contributed by atoms with van der Waals surface area (Å²) in [5, 5.41) is 2.92. The number of rotatable bonds is 2. The minimum Gasteiger partial charge on any atom is -0.301 e. The van der Waals surface area contributed by atoms with Crippen LogP contribution in [-0.4, -0.2) is 24.2 Å². The summed E-state index contributed by atoms with van der Waals surface area (Å²) in [6.45, 7) is 2.54. The van der Waals surface area contributed by atoms with Gasteiger partial charge in [-0.05, 0) is 19.4 Å². The Hall–Kier alpha value is -1.22. The first-order chi connectivity index (χ1) is 6.75. The molecule has 0 aromatic heterocycles. The van der Waals surface area contributed by atoms with Gasteiger partial charge in [-0.3, -0.25) is 9.59 Å². The predicted octanol–water partition coefficient (Wildman–Crippen LogP) is 0.763. The first-order valence-electron chi connectivity index (χ1n) is 4.98. The lowest BCUT2D eigenvalue weighted by molar-refractivity contribution is -0.123. The Morgan fingerprint density at radius 2 is 1.71 bits per heavy atom. The molecule has 0 heterocycles. The van der Waals surface area contributed by atoms with E-state index < -0.39 is 6.04 Å². The number of likely N-dealkylation sites (N-methyl/N-ethyl adjacent to an activating group) is 1. The first kappa shape index (κ1) is 9.34. The van der Waals surface area contributed by atoms with Gasteiger partial charge in [0.1, 0.15) is 6.04 Å². The Morgan fingerprint density at radius 3 is 2.14 bits per heavy atom. The van der Waals surface area contributed by atoms with Crippen LogP contribution in [0.1, 0.15) is 19.8 Å². The average Bonchev–Trinajstić information content (AvgIpc) is 2.45. The smallest absolute Gasteiger partial charge is 0.188 e. The Balaban J connectivity index is 2.34. The maximum atomic E-state index is 11.7. The van der Waals surface area contributed by atoms with E-state index in [0.717, 1.165) is 12.8 Å². The van der Waals surface area contributed by atoms with Crippen molar-refractivity contribution < 1.29 is 9.59 Å². The molecule has 0 radical (unpaired) electrons. The third kappa shape index (κ3) is 1.24. The molecule has 14 heavy (non-hydrogen) atoms. The lowest BCUT2D eigenvalue weighted by Crippen LogP contribution is -2.38. The maximum absolute atomic E-state index is 11.7. The SMILES string of the molecule is CCNC1C(=O)C2=CCCC=C2C1=O. The number of Topliss-reactive ketones (excluding diaryl/α,β-unsaturated/α-hetero) is 2. The van der Waals surface area contributed by atoms with Crippen molar-refractivity contribution in [2.45, 2.75) is 25.8 Å². The molecular weight excluding hydrogens is 178 g/mol. The van der Waals surface area contributed by atoms with Crippen LogP contribution in [0, 0.1) is 0 Å². The van der Waals surface area contributed by atoms with E-state index in [2.05, 4.69) is 5.32 Å². The average molecular weight is 191 g/mol. The van der Waals surface area contributed by atoms with Gasteiger partial charge in [-0.1, -0.05) is 19.1 Å². The second-order valence-corrected chi connectivity index (χ2v) is 3.53. The van der Waals surface area contributed by atoms with E-state index in [4.69, 9.17) is 0 Å². The molecule has 0 spiro atoms. The molecule has 74 valence electrons. The Kier molecular flexibility index (Phi) is 2.33. The van der Waals surface area contributed by atoms with Gasteiger partial charge in [0.05, 0.1) is 0 Å². The van der Waals surface area contributed by atoms with Crippen LogP contribution >= 0.6 is 0 Å². The summed E-state index contributed by atoms with van der Waals surface area (Å²) < 4.78 is 0. The summed E-state index contributed by atoms with van der Waals surface area (Å²) >= 11 is 0. The van der Waals surface area contributed by atoms with E-state index in [1.54, 1.807) is 0 Å². The standard InChI is InChI=1S/C11H13NO2/c1-2-12-9-10(13)7-5-3-4-6-8(7)11(9)14/h5-6,9,12H,2-4H2,1H3. The number of allylic oxidation sites excluding steroid dienone is 2. The summed E-state index contributed by atoms with van der Waals surface area (Å²) in [4.78, 5) is 23.5. The molecule has 2 aliphatic carbocycles. The lowest BCUT2D eigenvalue weighted by atomic mass is 10.0. The predicted molar refractivity (Wildman–Crippen MR) is 52.9 cm³/mol. The molecule has 2 aliphatic rings. The van der Waals surface area contributed by atoms with Gasteiger partial charge in [-0.25, -0.2) is 0 Å². The molecule has 0 saturated heterocycles. The van der Waals surface area contributed by atoms with Gasteiger partial charge in [0.25, 0.3) is 0 Å². The maximum Gasteiger partial charge on any atom is 0.188 e. The van der Waals surface area contributed by atoms with E-state index in [9.17, 15) is 9.59 Å². The topological polar surface area (TPSA) is 46.2 Å². The highest BCUT2D eigenvalue weighted by Crippen LogP contribution is 2.28. The van der Waals surface area contributed by atoms with Crippen molar-refractivity contribution in [3.63, 3.8) is 0 Å². The summed E-state index contributed by atoms with van der Waals surface area (Å²) in [7, 11) is 0. The number of hydrogen-bond acceptors (Lipinski definition) is 3. The number of fused-ring (bicyclic) bond motifs is 1. The van der Waals surface area contributed by atoms with Crippen LogP contribution in [0.2, 0.25) is 0 Å². The largest absolute Gasteiger partial charge is 0.301 e. The number of nitrogens with one attached hydrogen (secondary N) is 1. The zero-order valence-corrected chi connectivity index (χ0v) is 8.17. The molecule has 0 aliphatic heterocycles. The lowest BCUT2D eigenvalue weighted by Gasteiger charge is -2.04. The van der Waals surface area contributed by atoms with Crippen molar-refractivity contribution in [2.75, 3.05) is 6.54 Å². The normalized spacial score (nSPS) is 22.1. The second kappa shape index (κ2) is 3.50. The van der Waals surface area contributed by atoms with Crippen LogP contribution in [0.15, 0.2) is 23.3 Å². The molecule has 1 saturated carbocycles. The molecule has 0 bridgehead atoms. The van der Waals surface area contributed by atoms with Crippen LogP contribution in [0.3, 0.4) is 0 Å². The van der Waals surface area contributed by atoms with Gasteiger partial charge in [-0.15, -0.1) is 0 Å². The molecule has 0 aromatic rings. The van der Waals surface area contributed by atoms with Crippen LogP contribution in [-0.2, 0) is 9.59 Å². The molecular formula is C11H13NO2. The van der Waals surface area contributed by atoms with Crippen molar-refractivity contribution in [1.82, 2.24) is 5.32 Å². The summed E-state index contributed by atoms with van der Waals surface area (Å²) in [5.74, 6) is -0.106. The summed E-state index contributed by atoms with van der Waals surface area (Å²) in [6.07, 6.45) is 5.51. The summed E-state index contributed by atoms with van der Waals surface area (Å²) in [5.41, 5.74) is 1.26. The minimum absolute atomic E-state index is 0.0530. The molecule has 2 rings (SSSR count). The zero-order valence-electron chi connectivity index (χ0n) is 8.17. The third-order valence-electron chi connectivity index (χ3n) is 2.62. The molecule has 0 unspecified atom stereocenters. The Bertz CT molecular complexity index is 320. The third-order valence-corrected chi connectivity index (χ3v) is 2.62. The van der Waals surface area contributed by atoms with Gasteiger partial charge in [0, 0.05) is 11.1 Å². The highest BCUT2D eigenvalue weighted by Gasteiger charge is 2.40. The highest BCUT2D eigenvalue weighted by molar-refractivity contribution is 6.32. The van der Waals surface area contributed by atoms with Crippen molar-refractivity contribution >= 4 is 11.6 Å². The molecule has 3 heteroatoms. The molecule has 0 aromatic carbocycles. The van der Waals surface area contributed by atoms with Gasteiger partial charge in [0.15, 0.2) is 11.6 Å². The van der Waals surface area contributed by atoms with Gasteiger partial charge >= 0.3 is 0 Å². The number of ketones is 2. The number of carbonyl (C=O) groups is 2. The fourth-order valence-electron chi connectivity index (χ4n) is 1.96. The second-order valence-electron chi connectivity index (χ2n) is 3.53. The molecule has 1 fully saturated rings.